The van der Waals surface area contributed by atoms with E-state index in [0.29, 0.717) is 5.39 Å². The van der Waals surface area contributed by atoms with Crippen LogP contribution in [0, 0.1) is 5.82 Å². The molecule has 1 heterocycles. The Balaban J connectivity index is 2.02. The first-order valence-electron chi connectivity index (χ1n) is 7.59. The topological polar surface area (TPSA) is 99.5 Å². The molecule has 1 aromatic heterocycles. The Morgan fingerprint density at radius 1 is 1.14 bits per heavy atom. The van der Waals surface area contributed by atoms with Gasteiger partial charge in [-0.1, -0.05) is 22.0 Å². The molecule has 6 nitrogen and oxygen atoms in total. The van der Waals surface area contributed by atoms with Crippen molar-refractivity contribution in [2.45, 2.75) is 5.66 Å². The highest BCUT2D eigenvalue weighted by molar-refractivity contribution is 9.10. The zero-order chi connectivity index (χ0) is 20.7. The lowest BCUT2D eigenvalue weighted by Crippen LogP contribution is -2.15. The molecule has 0 bridgehead atoms. The van der Waals surface area contributed by atoms with Crippen molar-refractivity contribution in [1.82, 2.24) is 4.98 Å². The predicted octanol–water partition coefficient (Wildman–Crippen LogP) is 4.62. The molecule has 0 aliphatic rings. The quantitative estimate of drug-likeness (QED) is 0.479. The summed E-state index contributed by atoms with van der Waals surface area (Å²) in [6.45, 7) is 0. The van der Waals surface area contributed by atoms with Gasteiger partial charge in [0, 0.05) is 27.3 Å². The van der Waals surface area contributed by atoms with Gasteiger partial charge >= 0.3 is 13.3 Å². The van der Waals surface area contributed by atoms with Gasteiger partial charge in [0.25, 0.3) is 5.91 Å². The van der Waals surface area contributed by atoms with Gasteiger partial charge in [0.15, 0.2) is 0 Å². The number of fused-ring (bicyclic) bond motifs is 1. The zero-order valence-electron chi connectivity index (χ0n) is 13.7. The summed E-state index contributed by atoms with van der Waals surface area (Å²) in [5.74, 6) is -1.27. The highest BCUT2D eigenvalue weighted by atomic mass is 79.9. The fraction of sp³-hybridized carbons (Fsp3) is 0.0588. The zero-order valence-corrected chi connectivity index (χ0v) is 16.2. The first-order valence-corrected chi connectivity index (χ1v) is 10.00. The molecular formula is C17H11BrF3N2O4P. The maximum Gasteiger partial charge on any atom is 0.399 e. The number of hydrogen-bond acceptors (Lipinski definition) is 3. The van der Waals surface area contributed by atoms with Crippen LogP contribution in [0.2, 0.25) is 0 Å². The van der Waals surface area contributed by atoms with Gasteiger partial charge in [-0.25, -0.2) is 4.39 Å². The number of alkyl halides is 2. The van der Waals surface area contributed by atoms with Gasteiger partial charge in [0.2, 0.25) is 0 Å². The molecular weight excluding hydrogens is 464 g/mol. The van der Waals surface area contributed by atoms with Crippen LogP contribution in [0.3, 0.4) is 0 Å². The van der Waals surface area contributed by atoms with Gasteiger partial charge in [-0.05, 0) is 41.8 Å². The number of aromatic nitrogens is 1. The minimum Gasteiger partial charge on any atom is -0.321 e. The van der Waals surface area contributed by atoms with Crippen LogP contribution < -0.4 is 5.32 Å². The van der Waals surface area contributed by atoms with E-state index < -0.39 is 30.5 Å². The third-order valence-electron chi connectivity index (χ3n) is 3.81. The first kappa shape index (κ1) is 20.5. The molecule has 3 aromatic rings. The number of amides is 1. The van der Waals surface area contributed by atoms with Crippen LogP contribution in [0.4, 0.5) is 18.9 Å². The Hall–Kier alpha value is -2.26. The van der Waals surface area contributed by atoms with Crippen LogP contribution in [0.15, 0.2) is 53.1 Å². The summed E-state index contributed by atoms with van der Waals surface area (Å²) in [4.78, 5) is 34.2. The van der Waals surface area contributed by atoms with Crippen LogP contribution in [0.5, 0.6) is 0 Å². The molecule has 0 radical (unpaired) electrons. The van der Waals surface area contributed by atoms with Gasteiger partial charge in [-0.15, -0.1) is 0 Å². The van der Waals surface area contributed by atoms with Crippen LogP contribution in [0.25, 0.3) is 10.8 Å². The molecule has 0 atom stereocenters. The standard InChI is InChI=1S/C17H11BrF3N2O4P/c18-14-5-10-8-22-15(16(24)23-12-3-1-2-11(19)7-12)6-9(10)4-13(14)17(20,21)28(25,26)27/h1-8H,(H,23,24)(H2,25,26,27). The molecule has 0 spiro atoms. The number of benzene rings is 2. The molecule has 11 heteroatoms. The molecule has 3 N–H and O–H groups in total. The lowest BCUT2D eigenvalue weighted by molar-refractivity contribution is 0.0559. The number of nitrogens with zero attached hydrogens (tertiary/aromatic N) is 1. The summed E-state index contributed by atoms with van der Waals surface area (Å²) in [6.07, 6.45) is 1.25. The second-order valence-electron chi connectivity index (χ2n) is 5.80. The Kier molecular flexibility index (Phi) is 5.33. The molecule has 28 heavy (non-hydrogen) atoms. The summed E-state index contributed by atoms with van der Waals surface area (Å²) in [5, 5.41) is 2.90. The van der Waals surface area contributed by atoms with Crippen molar-refractivity contribution < 1.29 is 32.3 Å². The van der Waals surface area contributed by atoms with Gasteiger partial charge in [-0.3, -0.25) is 14.3 Å². The smallest absolute Gasteiger partial charge is 0.321 e. The summed E-state index contributed by atoms with van der Waals surface area (Å²) in [5.41, 5.74) is -5.32. The fourth-order valence-electron chi connectivity index (χ4n) is 2.44. The maximum atomic E-state index is 14.1. The van der Waals surface area contributed by atoms with Crippen molar-refractivity contribution in [2.24, 2.45) is 0 Å². The minimum atomic E-state index is -5.77. The lowest BCUT2D eigenvalue weighted by Gasteiger charge is -2.19. The lowest BCUT2D eigenvalue weighted by atomic mass is 10.1. The SMILES string of the molecule is O=C(Nc1cccc(F)c1)c1cc2cc(C(F)(F)P(=O)(O)O)c(Br)cc2cn1. The molecule has 0 aliphatic heterocycles. The number of rotatable bonds is 4. The third kappa shape index (κ3) is 3.95. The van der Waals surface area contributed by atoms with E-state index in [-0.39, 0.29) is 21.2 Å². The Labute approximate surface area is 164 Å². The van der Waals surface area contributed by atoms with Crippen LogP contribution >= 0.6 is 23.5 Å². The molecule has 1 amide bonds. The summed E-state index contributed by atoms with van der Waals surface area (Å²) >= 11 is 2.88. The van der Waals surface area contributed by atoms with Crippen molar-refractivity contribution in [3.63, 3.8) is 0 Å². The van der Waals surface area contributed by atoms with E-state index in [1.807, 2.05) is 0 Å². The molecule has 0 unspecified atom stereocenters. The predicted molar refractivity (Wildman–Crippen MR) is 99.7 cm³/mol. The van der Waals surface area contributed by atoms with Gasteiger partial charge in [-0.2, -0.15) is 8.78 Å². The largest absolute Gasteiger partial charge is 0.399 e. The number of halogens is 4. The highest BCUT2D eigenvalue weighted by Gasteiger charge is 2.51. The molecule has 0 aliphatic carbocycles. The van der Waals surface area contributed by atoms with E-state index in [2.05, 4.69) is 26.2 Å². The second-order valence-corrected chi connectivity index (χ2v) is 8.30. The van der Waals surface area contributed by atoms with Crippen LogP contribution in [0.1, 0.15) is 16.1 Å². The van der Waals surface area contributed by atoms with E-state index in [1.165, 1.54) is 36.5 Å². The number of carbonyl (C=O) groups excluding carboxylic acids is 1. The number of anilines is 1. The van der Waals surface area contributed by atoms with Gasteiger partial charge < -0.3 is 15.1 Å². The van der Waals surface area contributed by atoms with Crippen molar-refractivity contribution in [1.29, 1.82) is 0 Å². The second kappa shape index (κ2) is 7.29. The molecule has 146 valence electrons. The van der Waals surface area contributed by atoms with E-state index in [9.17, 15) is 22.5 Å². The normalized spacial score (nSPS) is 12.2. The number of carbonyl (C=O) groups is 1. The Morgan fingerprint density at radius 2 is 1.86 bits per heavy atom. The van der Waals surface area contributed by atoms with Crippen molar-refractivity contribution in [3.05, 3.63) is 70.2 Å². The number of pyridine rings is 1. The monoisotopic (exact) mass is 474 g/mol. The molecule has 2 aromatic carbocycles. The average Bonchev–Trinajstić information content (AvgIpc) is 2.59. The summed E-state index contributed by atoms with van der Waals surface area (Å²) in [6, 6.07) is 8.42. The van der Waals surface area contributed by atoms with Crippen molar-refractivity contribution in [2.75, 3.05) is 5.32 Å². The van der Waals surface area contributed by atoms with Crippen LogP contribution in [-0.4, -0.2) is 20.7 Å². The van der Waals surface area contributed by atoms with Gasteiger partial charge in [0.1, 0.15) is 11.5 Å². The molecule has 3 rings (SSSR count). The number of nitrogens with one attached hydrogen (secondary N) is 1. The van der Waals surface area contributed by atoms with E-state index in [0.717, 1.165) is 12.1 Å². The van der Waals surface area contributed by atoms with Crippen molar-refractivity contribution in [3.8, 4) is 0 Å². The molecule has 0 saturated heterocycles. The Bertz CT molecular complexity index is 1140. The maximum absolute atomic E-state index is 14.1. The fourth-order valence-corrected chi connectivity index (χ4v) is 3.70. The van der Waals surface area contributed by atoms with E-state index >= 15 is 0 Å². The van der Waals surface area contributed by atoms with E-state index in [1.54, 1.807) is 0 Å². The Morgan fingerprint density at radius 3 is 2.50 bits per heavy atom. The van der Waals surface area contributed by atoms with Crippen molar-refractivity contribution >= 4 is 45.9 Å². The average molecular weight is 475 g/mol. The highest BCUT2D eigenvalue weighted by Crippen LogP contribution is 2.60. The van der Waals surface area contributed by atoms with Gasteiger partial charge in [0.05, 0.1) is 0 Å². The third-order valence-corrected chi connectivity index (χ3v) is 5.44. The molecule has 0 fully saturated rings. The first-order chi connectivity index (χ1) is 13.0. The minimum absolute atomic E-state index is 0.116. The number of hydrogen-bond donors (Lipinski definition) is 3. The van der Waals surface area contributed by atoms with Crippen LogP contribution in [-0.2, 0) is 10.2 Å². The van der Waals surface area contributed by atoms with E-state index in [4.69, 9.17) is 9.79 Å². The molecule has 0 saturated carbocycles. The summed E-state index contributed by atoms with van der Waals surface area (Å²) in [7, 11) is -5.77. The summed E-state index contributed by atoms with van der Waals surface area (Å²) < 4.78 is 52.4.